The molecule has 0 unspecified atom stereocenters. The third kappa shape index (κ3) is 1.68. The number of nitrogens with zero attached hydrogens (tertiary/aromatic N) is 1. The first-order valence-corrected chi connectivity index (χ1v) is 4.95. The van der Waals surface area contributed by atoms with Crippen molar-refractivity contribution in [1.82, 2.24) is 0 Å². The zero-order valence-corrected chi connectivity index (χ0v) is 8.79. The Hall–Kier alpha value is -1.55. The first kappa shape index (κ1) is 9.98. The lowest BCUT2D eigenvalue weighted by atomic mass is 10.1. The summed E-state index contributed by atoms with van der Waals surface area (Å²) in [5.74, 6) is 0.114. The summed E-state index contributed by atoms with van der Waals surface area (Å²) in [4.78, 5) is 1.83. The molecule has 0 saturated heterocycles. The van der Waals surface area contributed by atoms with Crippen LogP contribution in [0.25, 0.3) is 0 Å². The van der Waals surface area contributed by atoms with E-state index < -0.39 is 0 Å². The summed E-state index contributed by atoms with van der Waals surface area (Å²) in [5.41, 5.74) is 9.02. The molecule has 1 aliphatic rings. The summed E-state index contributed by atoms with van der Waals surface area (Å²) in [6.07, 6.45) is 0.939. The number of guanidine groups is 1. The predicted molar refractivity (Wildman–Crippen MR) is 60.1 cm³/mol. The van der Waals surface area contributed by atoms with Crippen LogP contribution in [0.1, 0.15) is 11.1 Å². The summed E-state index contributed by atoms with van der Waals surface area (Å²) in [6.45, 7) is 1.42. The van der Waals surface area contributed by atoms with E-state index in [1.807, 2.05) is 17.0 Å². The van der Waals surface area contributed by atoms with Crippen molar-refractivity contribution in [2.75, 3.05) is 18.6 Å². The molecule has 0 bridgehead atoms. The Kier molecular flexibility index (Phi) is 2.60. The van der Waals surface area contributed by atoms with E-state index in [1.54, 1.807) is 7.11 Å². The molecule has 0 spiro atoms. The predicted octanol–water partition coefficient (Wildman–Crippen LogP) is 1.09. The molecule has 4 nitrogen and oxygen atoms in total. The van der Waals surface area contributed by atoms with Crippen molar-refractivity contribution in [3.8, 4) is 0 Å². The average Bonchev–Trinajstić information content (AvgIpc) is 2.62. The molecule has 0 aromatic heterocycles. The van der Waals surface area contributed by atoms with E-state index in [-0.39, 0.29) is 5.96 Å². The highest BCUT2D eigenvalue weighted by Crippen LogP contribution is 2.30. The van der Waals surface area contributed by atoms with Crippen molar-refractivity contribution in [1.29, 1.82) is 5.41 Å². The summed E-state index contributed by atoms with van der Waals surface area (Å²) in [6, 6.07) is 6.04. The number of methoxy groups -OCH3 is 1. The van der Waals surface area contributed by atoms with Crippen LogP contribution in [0.15, 0.2) is 18.2 Å². The molecule has 80 valence electrons. The Morgan fingerprint density at radius 1 is 1.60 bits per heavy atom. The monoisotopic (exact) mass is 205 g/mol. The number of benzene rings is 1. The minimum absolute atomic E-state index is 0.114. The van der Waals surface area contributed by atoms with Gasteiger partial charge in [0.15, 0.2) is 5.96 Å². The van der Waals surface area contributed by atoms with E-state index in [9.17, 15) is 0 Å². The van der Waals surface area contributed by atoms with Gasteiger partial charge >= 0.3 is 0 Å². The van der Waals surface area contributed by atoms with Gasteiger partial charge < -0.3 is 15.4 Å². The molecular weight excluding hydrogens is 190 g/mol. The maximum Gasteiger partial charge on any atom is 0.192 e. The van der Waals surface area contributed by atoms with Crippen LogP contribution >= 0.6 is 0 Å². The van der Waals surface area contributed by atoms with Crippen molar-refractivity contribution < 1.29 is 4.74 Å². The highest BCUT2D eigenvalue weighted by Gasteiger charge is 2.22. The molecule has 1 heterocycles. The molecule has 1 aliphatic heterocycles. The third-order valence-electron chi connectivity index (χ3n) is 2.72. The van der Waals surface area contributed by atoms with Crippen molar-refractivity contribution in [2.24, 2.45) is 5.73 Å². The van der Waals surface area contributed by atoms with E-state index >= 15 is 0 Å². The fraction of sp³-hybridized carbons (Fsp3) is 0.364. The summed E-state index contributed by atoms with van der Waals surface area (Å²) in [5, 5.41) is 7.47. The van der Waals surface area contributed by atoms with Gasteiger partial charge in [0.05, 0.1) is 6.61 Å². The molecule has 15 heavy (non-hydrogen) atoms. The van der Waals surface area contributed by atoms with Crippen LogP contribution in [0.5, 0.6) is 0 Å². The fourth-order valence-corrected chi connectivity index (χ4v) is 2.05. The molecule has 0 atom stereocenters. The van der Waals surface area contributed by atoms with Gasteiger partial charge in [-0.25, -0.2) is 0 Å². The Bertz CT molecular complexity index is 389. The molecule has 1 aromatic rings. The number of hydrogen-bond acceptors (Lipinski definition) is 2. The SMILES string of the molecule is COCc1cccc2c1CCN2C(=N)N. The number of ether oxygens (including phenoxy) is 1. The van der Waals surface area contributed by atoms with Crippen molar-refractivity contribution >= 4 is 11.6 Å². The zero-order valence-electron chi connectivity index (χ0n) is 8.79. The molecule has 4 heteroatoms. The quantitative estimate of drug-likeness (QED) is 0.561. The van der Waals surface area contributed by atoms with Gasteiger partial charge in [0.1, 0.15) is 0 Å². The van der Waals surface area contributed by atoms with Crippen molar-refractivity contribution in [2.45, 2.75) is 13.0 Å². The normalized spacial score (nSPS) is 14.1. The lowest BCUT2D eigenvalue weighted by Crippen LogP contribution is -2.34. The Morgan fingerprint density at radius 2 is 2.40 bits per heavy atom. The third-order valence-corrected chi connectivity index (χ3v) is 2.72. The van der Waals surface area contributed by atoms with Crippen LogP contribution in [-0.4, -0.2) is 19.6 Å². The lowest BCUT2D eigenvalue weighted by Gasteiger charge is -2.16. The van der Waals surface area contributed by atoms with Gasteiger partial charge in [-0.15, -0.1) is 0 Å². The summed E-state index contributed by atoms with van der Waals surface area (Å²) >= 11 is 0. The Balaban J connectivity index is 2.38. The van der Waals surface area contributed by atoms with Gasteiger partial charge in [-0.3, -0.25) is 5.41 Å². The second kappa shape index (κ2) is 3.90. The molecule has 0 fully saturated rings. The summed E-state index contributed by atoms with van der Waals surface area (Å²) < 4.78 is 5.15. The van der Waals surface area contributed by atoms with Gasteiger partial charge in [0.25, 0.3) is 0 Å². The molecule has 0 saturated carbocycles. The lowest BCUT2D eigenvalue weighted by molar-refractivity contribution is 0.184. The number of nitrogens with one attached hydrogen (secondary N) is 1. The first-order valence-electron chi connectivity index (χ1n) is 4.95. The van der Waals surface area contributed by atoms with Crippen LogP contribution in [0, 0.1) is 5.41 Å². The van der Waals surface area contributed by atoms with Crippen LogP contribution in [0.4, 0.5) is 5.69 Å². The van der Waals surface area contributed by atoms with E-state index in [2.05, 4.69) is 6.07 Å². The molecule has 0 amide bonds. The number of hydrogen-bond donors (Lipinski definition) is 2. The highest BCUT2D eigenvalue weighted by molar-refractivity contribution is 5.94. The first-order chi connectivity index (χ1) is 7.24. The number of anilines is 1. The number of fused-ring (bicyclic) bond motifs is 1. The largest absolute Gasteiger partial charge is 0.380 e. The standard InChI is InChI=1S/C11H15N3O/c1-15-7-8-3-2-4-10-9(8)5-6-14(10)11(12)13/h2-4H,5-7H2,1H3,(H3,12,13). The second-order valence-electron chi connectivity index (χ2n) is 3.63. The van der Waals surface area contributed by atoms with Gasteiger partial charge in [-0.1, -0.05) is 12.1 Å². The van der Waals surface area contributed by atoms with E-state index in [1.165, 1.54) is 11.1 Å². The summed E-state index contributed by atoms with van der Waals surface area (Å²) in [7, 11) is 1.69. The van der Waals surface area contributed by atoms with Crippen LogP contribution in [-0.2, 0) is 17.8 Å². The van der Waals surface area contributed by atoms with Gasteiger partial charge in [0.2, 0.25) is 0 Å². The maximum atomic E-state index is 7.47. The second-order valence-corrected chi connectivity index (χ2v) is 3.63. The minimum atomic E-state index is 0.114. The van der Waals surface area contributed by atoms with Crippen molar-refractivity contribution in [3.05, 3.63) is 29.3 Å². The van der Waals surface area contributed by atoms with Gasteiger partial charge in [0, 0.05) is 19.3 Å². The van der Waals surface area contributed by atoms with Gasteiger partial charge in [-0.05, 0) is 23.6 Å². The average molecular weight is 205 g/mol. The van der Waals surface area contributed by atoms with Crippen LogP contribution < -0.4 is 10.6 Å². The van der Waals surface area contributed by atoms with Crippen LogP contribution in [0.3, 0.4) is 0 Å². The number of nitrogens with two attached hydrogens (primary N) is 1. The molecule has 1 aromatic carbocycles. The maximum absolute atomic E-state index is 7.47. The Labute approximate surface area is 89.1 Å². The Morgan fingerprint density at radius 3 is 3.07 bits per heavy atom. The molecule has 0 aliphatic carbocycles. The zero-order chi connectivity index (χ0) is 10.8. The highest BCUT2D eigenvalue weighted by atomic mass is 16.5. The topological polar surface area (TPSA) is 62.3 Å². The molecule has 0 radical (unpaired) electrons. The minimum Gasteiger partial charge on any atom is -0.380 e. The molecule has 2 rings (SSSR count). The van der Waals surface area contributed by atoms with E-state index in [0.29, 0.717) is 6.61 Å². The fourth-order valence-electron chi connectivity index (χ4n) is 2.05. The molecule has 3 N–H and O–H groups in total. The van der Waals surface area contributed by atoms with Crippen molar-refractivity contribution in [3.63, 3.8) is 0 Å². The smallest absolute Gasteiger partial charge is 0.192 e. The van der Waals surface area contributed by atoms with Crippen LogP contribution in [0.2, 0.25) is 0 Å². The number of rotatable bonds is 2. The molecular formula is C11H15N3O. The van der Waals surface area contributed by atoms with Gasteiger partial charge in [-0.2, -0.15) is 0 Å². The van der Waals surface area contributed by atoms with E-state index in [4.69, 9.17) is 15.9 Å². The van der Waals surface area contributed by atoms with E-state index in [0.717, 1.165) is 18.7 Å².